The molecule has 0 N–H and O–H groups in total. The number of hydrogen-bond acceptors (Lipinski definition) is 6. The normalized spacial score (nSPS) is 15.1. The number of carbonyl (C=O) groups is 2. The average Bonchev–Trinajstić information content (AvgIpc) is 2.46. The van der Waals surface area contributed by atoms with Crippen LogP contribution in [-0.2, 0) is 9.53 Å². The second-order valence-corrected chi connectivity index (χ2v) is 5.43. The van der Waals surface area contributed by atoms with Crippen LogP contribution in [-0.4, -0.2) is 56.6 Å². The summed E-state index contributed by atoms with van der Waals surface area (Å²) in [6.45, 7) is 3.22. The number of ketones is 1. The van der Waals surface area contributed by atoms with Crippen LogP contribution in [0.25, 0.3) is 0 Å². The van der Waals surface area contributed by atoms with Crippen LogP contribution in [0.2, 0.25) is 5.02 Å². The predicted molar refractivity (Wildman–Crippen MR) is 80.9 cm³/mol. The van der Waals surface area contributed by atoms with Gasteiger partial charge in [0.2, 0.25) is 0 Å². The summed E-state index contributed by atoms with van der Waals surface area (Å²) >= 11 is 5.99. The molecule has 120 valence electrons. The lowest BCUT2D eigenvalue weighted by Gasteiger charge is -2.36. The van der Waals surface area contributed by atoms with E-state index in [1.807, 2.05) is 7.05 Å². The summed E-state index contributed by atoms with van der Waals surface area (Å²) in [5.41, 5.74) is 0.0531. The van der Waals surface area contributed by atoms with Crippen LogP contribution in [0.15, 0.2) is 12.1 Å². The van der Waals surface area contributed by atoms with Gasteiger partial charge in [0.05, 0.1) is 19.3 Å². The number of ether oxygens (including phenoxy) is 3. The van der Waals surface area contributed by atoms with Crippen molar-refractivity contribution < 1.29 is 23.8 Å². The lowest BCUT2D eigenvalue weighted by molar-refractivity contribution is -0.137. The van der Waals surface area contributed by atoms with Crippen LogP contribution in [0.4, 0.5) is 0 Å². The molecule has 0 saturated carbocycles. The third-order valence-electron chi connectivity index (χ3n) is 3.26. The fourth-order valence-corrected chi connectivity index (χ4v) is 2.41. The van der Waals surface area contributed by atoms with Gasteiger partial charge in [-0.3, -0.25) is 9.69 Å². The van der Waals surface area contributed by atoms with Crippen molar-refractivity contribution in [1.29, 1.82) is 0 Å². The van der Waals surface area contributed by atoms with Crippen LogP contribution >= 0.6 is 11.6 Å². The number of Topliss-reactive ketones (excluding diaryl/α,β-unsaturated/α-hetero) is 1. The molecule has 7 heteroatoms. The molecule has 0 unspecified atom stereocenters. The molecule has 1 aromatic carbocycles. The molecule has 1 fully saturated rings. The molecule has 2 rings (SSSR count). The third-order valence-corrected chi connectivity index (χ3v) is 3.48. The highest BCUT2D eigenvalue weighted by atomic mass is 35.5. The number of likely N-dealkylation sites (tertiary alicyclic amines) is 1. The van der Waals surface area contributed by atoms with Crippen LogP contribution in [0.1, 0.15) is 17.3 Å². The van der Waals surface area contributed by atoms with Crippen LogP contribution < -0.4 is 9.47 Å². The zero-order valence-electron chi connectivity index (χ0n) is 12.7. The molecular weight excluding hydrogens is 310 g/mol. The Balaban J connectivity index is 2.35. The van der Waals surface area contributed by atoms with E-state index in [9.17, 15) is 9.59 Å². The lowest BCUT2D eigenvalue weighted by atomic mass is 10.1. The van der Waals surface area contributed by atoms with Crippen molar-refractivity contribution in [2.24, 2.45) is 0 Å². The molecule has 0 bridgehead atoms. The first-order valence-corrected chi connectivity index (χ1v) is 7.28. The number of halogens is 1. The highest BCUT2D eigenvalue weighted by molar-refractivity contribution is 6.42. The van der Waals surface area contributed by atoms with E-state index < -0.39 is 11.8 Å². The van der Waals surface area contributed by atoms with E-state index in [0.717, 1.165) is 13.1 Å². The SMILES string of the molecule is CCOC(=O)C(=O)c1cc(Cl)cc(OC)c1OC1CN(C)C1. The summed E-state index contributed by atoms with van der Waals surface area (Å²) in [6.07, 6.45) is -0.0613. The van der Waals surface area contributed by atoms with Crippen LogP contribution in [0.5, 0.6) is 11.5 Å². The van der Waals surface area contributed by atoms with Gasteiger partial charge in [-0.15, -0.1) is 0 Å². The van der Waals surface area contributed by atoms with Gasteiger partial charge in [-0.2, -0.15) is 0 Å². The van der Waals surface area contributed by atoms with Crippen molar-refractivity contribution in [2.45, 2.75) is 13.0 Å². The summed E-state index contributed by atoms with van der Waals surface area (Å²) in [5, 5.41) is 0.280. The van der Waals surface area contributed by atoms with Gasteiger partial charge in [-0.05, 0) is 20.0 Å². The van der Waals surface area contributed by atoms with Crippen molar-refractivity contribution in [2.75, 3.05) is 33.9 Å². The number of esters is 1. The number of carbonyl (C=O) groups excluding carboxylic acids is 2. The molecule has 1 aliphatic rings. The van der Waals surface area contributed by atoms with Crippen LogP contribution in [0, 0.1) is 0 Å². The van der Waals surface area contributed by atoms with Gasteiger partial charge in [-0.25, -0.2) is 4.79 Å². The largest absolute Gasteiger partial charge is 0.493 e. The summed E-state index contributed by atoms with van der Waals surface area (Å²) in [6, 6.07) is 2.93. The van der Waals surface area contributed by atoms with Gasteiger partial charge < -0.3 is 14.2 Å². The molecule has 0 aliphatic carbocycles. The number of nitrogens with zero attached hydrogens (tertiary/aromatic N) is 1. The fraction of sp³-hybridized carbons (Fsp3) is 0.467. The van der Waals surface area contributed by atoms with Crippen molar-refractivity contribution in [1.82, 2.24) is 4.90 Å². The zero-order chi connectivity index (χ0) is 16.3. The molecule has 1 heterocycles. The first-order valence-electron chi connectivity index (χ1n) is 6.90. The van der Waals surface area contributed by atoms with Crippen LogP contribution in [0.3, 0.4) is 0 Å². The van der Waals surface area contributed by atoms with E-state index >= 15 is 0 Å². The zero-order valence-corrected chi connectivity index (χ0v) is 13.5. The number of benzene rings is 1. The number of methoxy groups -OCH3 is 1. The highest BCUT2D eigenvalue weighted by Crippen LogP contribution is 2.36. The van der Waals surface area contributed by atoms with Gasteiger partial charge in [-0.1, -0.05) is 11.6 Å². The Morgan fingerprint density at radius 3 is 2.59 bits per heavy atom. The van der Waals surface area contributed by atoms with E-state index in [0.29, 0.717) is 5.75 Å². The molecule has 6 nitrogen and oxygen atoms in total. The predicted octanol–water partition coefficient (Wildman–Crippen LogP) is 1.79. The third kappa shape index (κ3) is 3.51. The Kier molecular flexibility index (Phi) is 5.26. The lowest BCUT2D eigenvalue weighted by Crippen LogP contribution is -2.51. The molecular formula is C15H18ClNO5. The summed E-state index contributed by atoms with van der Waals surface area (Å²) in [5.74, 6) is -1.20. The van der Waals surface area contributed by atoms with Gasteiger partial charge in [0, 0.05) is 24.2 Å². The Hall–Kier alpha value is -1.79. The summed E-state index contributed by atoms with van der Waals surface area (Å²) in [4.78, 5) is 26.0. The summed E-state index contributed by atoms with van der Waals surface area (Å²) in [7, 11) is 3.41. The molecule has 0 radical (unpaired) electrons. The minimum Gasteiger partial charge on any atom is -0.493 e. The standard InChI is InChI=1S/C15H18ClNO5/c1-4-21-15(19)13(18)11-5-9(16)6-12(20-3)14(11)22-10-7-17(2)8-10/h5-6,10H,4,7-8H2,1-3H3. The number of rotatable bonds is 6. The second-order valence-electron chi connectivity index (χ2n) is 5.00. The van der Waals surface area contributed by atoms with E-state index in [1.54, 1.807) is 13.0 Å². The molecule has 0 amide bonds. The van der Waals surface area contributed by atoms with Crippen molar-refractivity contribution in [3.63, 3.8) is 0 Å². The highest BCUT2D eigenvalue weighted by Gasteiger charge is 2.30. The number of hydrogen-bond donors (Lipinski definition) is 0. The molecule has 1 aromatic rings. The molecule has 1 aliphatic heterocycles. The van der Waals surface area contributed by atoms with Crippen molar-refractivity contribution in [3.05, 3.63) is 22.7 Å². The van der Waals surface area contributed by atoms with Gasteiger partial charge in [0.1, 0.15) is 6.10 Å². The van der Waals surface area contributed by atoms with Crippen molar-refractivity contribution >= 4 is 23.4 Å². The Bertz CT molecular complexity index is 584. The smallest absolute Gasteiger partial charge is 0.379 e. The molecule has 0 spiro atoms. The fourth-order valence-electron chi connectivity index (χ4n) is 2.20. The van der Waals surface area contributed by atoms with Gasteiger partial charge in [0.15, 0.2) is 11.5 Å². The first-order chi connectivity index (χ1) is 10.5. The Morgan fingerprint density at radius 1 is 1.36 bits per heavy atom. The van der Waals surface area contributed by atoms with Crippen molar-refractivity contribution in [3.8, 4) is 11.5 Å². The van der Waals surface area contributed by atoms with E-state index in [-0.39, 0.29) is 29.0 Å². The summed E-state index contributed by atoms with van der Waals surface area (Å²) < 4.78 is 15.8. The van der Waals surface area contributed by atoms with E-state index in [1.165, 1.54) is 13.2 Å². The maximum atomic E-state index is 12.2. The quantitative estimate of drug-likeness (QED) is 0.451. The van der Waals surface area contributed by atoms with E-state index in [4.69, 9.17) is 25.8 Å². The minimum atomic E-state index is -0.942. The van der Waals surface area contributed by atoms with Gasteiger partial charge >= 0.3 is 5.97 Å². The minimum absolute atomic E-state index is 0.0531. The molecule has 1 saturated heterocycles. The maximum Gasteiger partial charge on any atom is 0.379 e. The second kappa shape index (κ2) is 6.98. The topological polar surface area (TPSA) is 65.1 Å². The molecule has 0 atom stereocenters. The average molecular weight is 328 g/mol. The Morgan fingerprint density at radius 2 is 2.05 bits per heavy atom. The molecule has 22 heavy (non-hydrogen) atoms. The molecule has 0 aromatic heterocycles. The van der Waals surface area contributed by atoms with Gasteiger partial charge in [0.25, 0.3) is 5.78 Å². The van der Waals surface area contributed by atoms with E-state index in [2.05, 4.69) is 4.90 Å². The first kappa shape index (κ1) is 16.6. The Labute approximate surface area is 133 Å². The number of likely N-dealkylation sites (N-methyl/N-ethyl adjacent to an activating group) is 1. The monoisotopic (exact) mass is 327 g/mol. The maximum absolute atomic E-state index is 12.2.